The Morgan fingerprint density at radius 1 is 1.43 bits per heavy atom. The molecule has 1 aromatic heterocycles. The number of aryl methyl sites for hydroxylation is 1. The van der Waals surface area contributed by atoms with Crippen molar-refractivity contribution in [2.24, 2.45) is 7.05 Å². The number of aromatic nitrogens is 2. The van der Waals surface area contributed by atoms with Gasteiger partial charge in [-0.05, 0) is 25.8 Å². The molecule has 23 heavy (non-hydrogen) atoms. The molecule has 3 rings (SSSR count). The van der Waals surface area contributed by atoms with Crippen molar-refractivity contribution >= 4 is 15.7 Å². The Morgan fingerprint density at radius 3 is 2.83 bits per heavy atom. The van der Waals surface area contributed by atoms with Gasteiger partial charge in [0.05, 0.1) is 24.2 Å². The van der Waals surface area contributed by atoms with E-state index in [0.29, 0.717) is 13.0 Å². The lowest BCUT2D eigenvalue weighted by Gasteiger charge is -2.28. The van der Waals surface area contributed by atoms with E-state index in [4.69, 9.17) is 0 Å². The molecule has 0 N–H and O–H groups in total. The van der Waals surface area contributed by atoms with Crippen LogP contribution < -0.4 is 0 Å². The molecule has 2 aliphatic heterocycles. The number of sulfone groups is 1. The first-order valence-electron chi connectivity index (χ1n) is 8.04. The van der Waals surface area contributed by atoms with Crippen molar-refractivity contribution in [2.45, 2.75) is 31.3 Å². The Bertz CT molecular complexity index is 685. The van der Waals surface area contributed by atoms with Crippen LogP contribution in [-0.2, 0) is 21.7 Å². The summed E-state index contributed by atoms with van der Waals surface area (Å²) in [5, 5.41) is 4.22. The predicted molar refractivity (Wildman–Crippen MR) is 86.6 cm³/mol. The van der Waals surface area contributed by atoms with Crippen LogP contribution in [-0.4, -0.2) is 71.6 Å². The molecule has 2 aliphatic rings. The van der Waals surface area contributed by atoms with Crippen LogP contribution in [0.2, 0.25) is 0 Å². The summed E-state index contributed by atoms with van der Waals surface area (Å²) in [5.74, 6) is 0.293. The molecule has 0 unspecified atom stereocenters. The third kappa shape index (κ3) is 3.58. The molecule has 1 aromatic rings. The van der Waals surface area contributed by atoms with Gasteiger partial charge in [0.15, 0.2) is 9.84 Å². The Hall–Kier alpha value is -1.41. The van der Waals surface area contributed by atoms with Gasteiger partial charge in [-0.15, -0.1) is 0 Å². The molecule has 2 atom stereocenters. The van der Waals surface area contributed by atoms with E-state index in [1.54, 1.807) is 16.6 Å². The van der Waals surface area contributed by atoms with Crippen molar-refractivity contribution in [3.8, 4) is 0 Å². The minimum atomic E-state index is -2.97. The summed E-state index contributed by atoms with van der Waals surface area (Å²) in [6.07, 6.45) is 6.51. The number of hydrogen-bond acceptors (Lipinski definition) is 5. The molecular weight excluding hydrogens is 316 g/mol. The molecule has 7 nitrogen and oxygen atoms in total. The van der Waals surface area contributed by atoms with Crippen molar-refractivity contribution in [3.05, 3.63) is 18.0 Å². The zero-order valence-electron chi connectivity index (χ0n) is 13.7. The molecule has 3 heterocycles. The van der Waals surface area contributed by atoms with Crippen LogP contribution in [0.5, 0.6) is 0 Å². The Morgan fingerprint density at radius 2 is 2.22 bits per heavy atom. The topological polar surface area (TPSA) is 75.5 Å². The molecular formula is C15H24N4O3S. The lowest BCUT2D eigenvalue weighted by Crippen LogP contribution is -2.43. The van der Waals surface area contributed by atoms with E-state index in [2.05, 4.69) is 10.00 Å². The van der Waals surface area contributed by atoms with Gasteiger partial charge in [0.25, 0.3) is 0 Å². The van der Waals surface area contributed by atoms with E-state index < -0.39 is 9.84 Å². The third-order valence-corrected chi connectivity index (χ3v) is 6.71. The summed E-state index contributed by atoms with van der Waals surface area (Å²) >= 11 is 0. The number of amides is 1. The lowest BCUT2D eigenvalue weighted by molar-refractivity contribution is -0.133. The van der Waals surface area contributed by atoms with Crippen LogP contribution in [0, 0.1) is 0 Å². The molecule has 0 aliphatic carbocycles. The molecule has 0 saturated carbocycles. The standard InChI is InChI=1S/C15H24N4O3S/c1-17-9-12(8-16-17)14-4-3-6-19(14)10-15(20)18(2)13-5-7-23(21,22)11-13/h8-9,13-14H,3-7,10-11H2,1-2H3/t13-,14+/m1/s1. The summed E-state index contributed by atoms with van der Waals surface area (Å²) in [6, 6.07) is 0.0558. The van der Waals surface area contributed by atoms with Crippen molar-refractivity contribution < 1.29 is 13.2 Å². The van der Waals surface area contributed by atoms with E-state index in [9.17, 15) is 13.2 Å². The second-order valence-electron chi connectivity index (χ2n) is 6.64. The fourth-order valence-corrected chi connectivity index (χ4v) is 5.35. The zero-order chi connectivity index (χ0) is 16.6. The predicted octanol–water partition coefficient (Wildman–Crippen LogP) is 0.203. The summed E-state index contributed by atoms with van der Waals surface area (Å²) in [7, 11) is 0.646. The highest BCUT2D eigenvalue weighted by molar-refractivity contribution is 7.91. The molecule has 128 valence electrons. The Balaban J connectivity index is 1.62. The summed E-state index contributed by atoms with van der Waals surface area (Å²) < 4.78 is 25.0. The molecule has 0 aromatic carbocycles. The van der Waals surface area contributed by atoms with Gasteiger partial charge < -0.3 is 4.90 Å². The van der Waals surface area contributed by atoms with Crippen molar-refractivity contribution in [1.29, 1.82) is 0 Å². The van der Waals surface area contributed by atoms with Gasteiger partial charge in [0.1, 0.15) is 0 Å². The van der Waals surface area contributed by atoms with Crippen LogP contribution >= 0.6 is 0 Å². The summed E-state index contributed by atoms with van der Waals surface area (Å²) in [4.78, 5) is 16.4. The van der Waals surface area contributed by atoms with Gasteiger partial charge >= 0.3 is 0 Å². The highest BCUT2D eigenvalue weighted by Gasteiger charge is 2.35. The molecule has 1 amide bonds. The first-order chi connectivity index (χ1) is 10.9. The number of carbonyl (C=O) groups excluding carboxylic acids is 1. The minimum Gasteiger partial charge on any atom is -0.341 e. The van der Waals surface area contributed by atoms with E-state index in [1.165, 1.54) is 0 Å². The van der Waals surface area contributed by atoms with Crippen molar-refractivity contribution in [2.75, 3.05) is 31.6 Å². The number of rotatable bonds is 4. The second-order valence-corrected chi connectivity index (χ2v) is 8.87. The van der Waals surface area contributed by atoms with Crippen LogP contribution in [0.4, 0.5) is 0 Å². The third-order valence-electron chi connectivity index (χ3n) is 4.96. The van der Waals surface area contributed by atoms with E-state index >= 15 is 0 Å². The van der Waals surface area contributed by atoms with E-state index in [-0.39, 0.29) is 29.5 Å². The van der Waals surface area contributed by atoms with Gasteiger partial charge in [-0.25, -0.2) is 8.42 Å². The number of carbonyl (C=O) groups is 1. The Kier molecular flexibility index (Phi) is 4.46. The van der Waals surface area contributed by atoms with Crippen molar-refractivity contribution in [3.63, 3.8) is 0 Å². The van der Waals surface area contributed by atoms with E-state index in [1.807, 2.05) is 19.4 Å². The maximum atomic E-state index is 12.5. The quantitative estimate of drug-likeness (QED) is 0.783. The zero-order valence-corrected chi connectivity index (χ0v) is 14.5. The molecule has 2 saturated heterocycles. The average molecular weight is 340 g/mol. The van der Waals surface area contributed by atoms with Crippen LogP contribution in [0.3, 0.4) is 0 Å². The fourth-order valence-electron chi connectivity index (χ4n) is 3.57. The molecule has 0 radical (unpaired) electrons. The normalized spacial score (nSPS) is 27.4. The molecule has 0 bridgehead atoms. The number of likely N-dealkylation sites (N-methyl/N-ethyl adjacent to an activating group) is 1. The first-order valence-corrected chi connectivity index (χ1v) is 9.86. The van der Waals surface area contributed by atoms with Gasteiger partial charge in [0.2, 0.25) is 5.91 Å². The van der Waals surface area contributed by atoms with Gasteiger partial charge in [-0.1, -0.05) is 0 Å². The monoisotopic (exact) mass is 340 g/mol. The Labute approximate surface area is 137 Å². The van der Waals surface area contributed by atoms with E-state index in [0.717, 1.165) is 24.9 Å². The van der Waals surface area contributed by atoms with Gasteiger partial charge in [0, 0.05) is 37.9 Å². The molecule has 8 heteroatoms. The SMILES string of the molecule is CN(C(=O)CN1CCC[C@H]1c1cnn(C)c1)[C@@H]1CCS(=O)(=O)C1. The average Bonchev–Trinajstić information content (AvgIpc) is 3.18. The van der Waals surface area contributed by atoms with Crippen LogP contribution in [0.1, 0.15) is 30.9 Å². The number of likely N-dealkylation sites (tertiary alicyclic amines) is 1. The maximum absolute atomic E-state index is 12.5. The largest absolute Gasteiger partial charge is 0.341 e. The van der Waals surface area contributed by atoms with Gasteiger partial charge in [-0.3, -0.25) is 14.4 Å². The highest BCUT2D eigenvalue weighted by atomic mass is 32.2. The summed E-state index contributed by atoms with van der Waals surface area (Å²) in [5.41, 5.74) is 1.14. The van der Waals surface area contributed by atoms with Crippen LogP contribution in [0.25, 0.3) is 0 Å². The highest BCUT2D eigenvalue weighted by Crippen LogP contribution is 2.31. The minimum absolute atomic E-state index is 0.00268. The summed E-state index contributed by atoms with van der Waals surface area (Å²) in [6.45, 7) is 1.23. The van der Waals surface area contributed by atoms with Gasteiger partial charge in [-0.2, -0.15) is 5.10 Å². The van der Waals surface area contributed by atoms with Crippen LogP contribution in [0.15, 0.2) is 12.4 Å². The molecule has 0 spiro atoms. The maximum Gasteiger partial charge on any atom is 0.236 e. The van der Waals surface area contributed by atoms with Crippen molar-refractivity contribution in [1.82, 2.24) is 19.6 Å². The molecule has 2 fully saturated rings. The number of hydrogen-bond donors (Lipinski definition) is 0. The smallest absolute Gasteiger partial charge is 0.236 e. The first kappa shape index (κ1) is 16.4. The second kappa shape index (κ2) is 6.24. The number of nitrogens with zero attached hydrogens (tertiary/aromatic N) is 4. The lowest BCUT2D eigenvalue weighted by atomic mass is 10.1. The fraction of sp³-hybridized carbons (Fsp3) is 0.733.